The number of anilines is 1. The van der Waals surface area contributed by atoms with Crippen LogP contribution in [0.5, 0.6) is 0 Å². The average Bonchev–Trinajstić information content (AvgIpc) is 2.92. The van der Waals surface area contributed by atoms with Crippen LogP contribution in [0.4, 0.5) is 5.69 Å². The van der Waals surface area contributed by atoms with E-state index in [0.717, 1.165) is 21.9 Å². The Hall–Kier alpha value is -1.26. The predicted molar refractivity (Wildman–Crippen MR) is 96.3 cm³/mol. The van der Waals surface area contributed by atoms with Gasteiger partial charge in [0.1, 0.15) is 0 Å². The monoisotopic (exact) mass is 360 g/mol. The summed E-state index contributed by atoms with van der Waals surface area (Å²) in [4.78, 5) is 4.64. The van der Waals surface area contributed by atoms with Crippen LogP contribution in [0, 0.1) is 13.8 Å². The first-order chi connectivity index (χ1) is 10.1. The molecule has 1 aliphatic rings. The molecule has 0 spiro atoms. The summed E-state index contributed by atoms with van der Waals surface area (Å²) in [6, 6.07) is 14.9. The van der Waals surface area contributed by atoms with Crippen molar-refractivity contribution < 1.29 is 0 Å². The van der Waals surface area contributed by atoms with Gasteiger partial charge in [-0.2, -0.15) is 0 Å². The predicted octanol–water partition coefficient (Wildman–Crippen LogP) is 5.32. The van der Waals surface area contributed by atoms with Gasteiger partial charge in [-0.25, -0.2) is 0 Å². The Kier molecular flexibility index (Phi) is 4.36. The van der Waals surface area contributed by atoms with Gasteiger partial charge in [0.2, 0.25) is 0 Å². The van der Waals surface area contributed by atoms with Gasteiger partial charge in [0, 0.05) is 4.47 Å². The molecular formula is C17H17BrN2S. The molecule has 0 fully saturated rings. The average molecular weight is 361 g/mol. The highest BCUT2D eigenvalue weighted by molar-refractivity contribution is 9.10. The summed E-state index contributed by atoms with van der Waals surface area (Å²) in [5.74, 6) is 0. The van der Waals surface area contributed by atoms with Crippen LogP contribution in [-0.4, -0.2) is 11.7 Å². The lowest BCUT2D eigenvalue weighted by atomic mass is 10.1. The summed E-state index contributed by atoms with van der Waals surface area (Å²) in [5, 5.41) is 4.88. The van der Waals surface area contributed by atoms with E-state index < -0.39 is 0 Å². The molecule has 108 valence electrons. The fraction of sp³-hybridized carbons (Fsp3) is 0.235. The lowest BCUT2D eigenvalue weighted by Crippen LogP contribution is -2.07. The highest BCUT2D eigenvalue weighted by Crippen LogP contribution is 2.37. The van der Waals surface area contributed by atoms with Crippen molar-refractivity contribution in [1.29, 1.82) is 0 Å². The number of aliphatic imine (C=N–C) groups is 1. The van der Waals surface area contributed by atoms with Gasteiger partial charge >= 0.3 is 0 Å². The Labute approximate surface area is 138 Å². The van der Waals surface area contributed by atoms with E-state index in [4.69, 9.17) is 0 Å². The number of rotatable bonds is 2. The van der Waals surface area contributed by atoms with Gasteiger partial charge in [-0.05, 0) is 52.5 Å². The topological polar surface area (TPSA) is 24.4 Å². The van der Waals surface area contributed by atoms with Crippen molar-refractivity contribution >= 4 is 38.5 Å². The minimum absolute atomic E-state index is 0.415. The third-order valence-electron chi connectivity index (χ3n) is 3.49. The molecule has 0 bridgehead atoms. The van der Waals surface area contributed by atoms with Gasteiger partial charge in [0.05, 0.1) is 17.5 Å². The molecule has 1 N–H and O–H groups in total. The zero-order valence-electron chi connectivity index (χ0n) is 12.1. The maximum absolute atomic E-state index is 4.64. The smallest absolute Gasteiger partial charge is 0.161 e. The van der Waals surface area contributed by atoms with E-state index in [0.29, 0.717) is 5.25 Å². The van der Waals surface area contributed by atoms with Gasteiger partial charge < -0.3 is 5.32 Å². The number of amidine groups is 1. The molecule has 2 aromatic rings. The molecular weight excluding hydrogens is 344 g/mol. The van der Waals surface area contributed by atoms with E-state index >= 15 is 0 Å². The zero-order valence-corrected chi connectivity index (χ0v) is 14.5. The van der Waals surface area contributed by atoms with Crippen molar-refractivity contribution in [2.45, 2.75) is 19.1 Å². The number of nitrogens with one attached hydrogen (secondary N) is 1. The quantitative estimate of drug-likeness (QED) is 0.783. The van der Waals surface area contributed by atoms with E-state index in [1.54, 1.807) is 11.8 Å². The molecule has 0 aliphatic carbocycles. The van der Waals surface area contributed by atoms with Crippen molar-refractivity contribution in [2.24, 2.45) is 4.99 Å². The molecule has 2 aromatic carbocycles. The molecule has 3 rings (SSSR count). The Bertz CT molecular complexity index is 659. The summed E-state index contributed by atoms with van der Waals surface area (Å²) < 4.78 is 1.09. The summed E-state index contributed by atoms with van der Waals surface area (Å²) in [7, 11) is 0. The Morgan fingerprint density at radius 2 is 1.95 bits per heavy atom. The Balaban J connectivity index is 1.73. The van der Waals surface area contributed by atoms with Crippen molar-refractivity contribution in [3.05, 3.63) is 63.6 Å². The van der Waals surface area contributed by atoms with E-state index in [9.17, 15) is 0 Å². The van der Waals surface area contributed by atoms with Crippen molar-refractivity contribution in [3.8, 4) is 0 Å². The molecule has 1 atom stereocenters. The normalized spacial score (nSPS) is 17.7. The highest BCUT2D eigenvalue weighted by atomic mass is 79.9. The van der Waals surface area contributed by atoms with Gasteiger partial charge in [0.25, 0.3) is 0 Å². The molecule has 2 nitrogen and oxygen atoms in total. The molecule has 21 heavy (non-hydrogen) atoms. The minimum atomic E-state index is 0.415. The van der Waals surface area contributed by atoms with Gasteiger partial charge in [-0.3, -0.25) is 4.99 Å². The number of nitrogens with zero attached hydrogens (tertiary/aromatic N) is 1. The van der Waals surface area contributed by atoms with E-state index in [2.05, 4.69) is 82.6 Å². The third kappa shape index (κ3) is 3.33. The fourth-order valence-corrected chi connectivity index (χ4v) is 4.26. The number of hydrogen-bond acceptors (Lipinski definition) is 3. The zero-order chi connectivity index (χ0) is 14.8. The maximum atomic E-state index is 4.64. The first-order valence-corrected chi connectivity index (χ1v) is 8.60. The van der Waals surface area contributed by atoms with Crippen LogP contribution in [0.3, 0.4) is 0 Å². The Morgan fingerprint density at radius 1 is 1.19 bits per heavy atom. The number of thioether (sulfide) groups is 1. The number of benzene rings is 2. The Morgan fingerprint density at radius 3 is 2.67 bits per heavy atom. The molecule has 4 heteroatoms. The highest BCUT2D eigenvalue weighted by Gasteiger charge is 2.22. The van der Waals surface area contributed by atoms with E-state index in [1.165, 1.54) is 16.7 Å². The van der Waals surface area contributed by atoms with Crippen LogP contribution in [0.2, 0.25) is 0 Å². The molecule has 0 saturated carbocycles. The molecule has 0 amide bonds. The first kappa shape index (κ1) is 14.7. The second-order valence-corrected chi connectivity index (χ2v) is 7.27. The first-order valence-electron chi connectivity index (χ1n) is 6.93. The number of hydrogen-bond donors (Lipinski definition) is 1. The second-order valence-electron chi connectivity index (χ2n) is 5.23. The van der Waals surface area contributed by atoms with Crippen LogP contribution in [0.25, 0.3) is 0 Å². The fourth-order valence-electron chi connectivity index (χ4n) is 2.47. The van der Waals surface area contributed by atoms with Gasteiger partial charge in [0.15, 0.2) is 5.17 Å². The summed E-state index contributed by atoms with van der Waals surface area (Å²) >= 11 is 5.44. The molecule has 1 unspecified atom stereocenters. The summed E-state index contributed by atoms with van der Waals surface area (Å²) in [5.41, 5.74) is 4.93. The molecule has 1 aliphatic heterocycles. The van der Waals surface area contributed by atoms with Crippen LogP contribution < -0.4 is 5.32 Å². The van der Waals surface area contributed by atoms with Crippen molar-refractivity contribution in [3.63, 3.8) is 0 Å². The lowest BCUT2D eigenvalue weighted by Gasteiger charge is -2.13. The third-order valence-corrected chi connectivity index (χ3v) is 5.28. The SMILES string of the molecule is Cc1cc(C)c(NC2=NCC(c3ccccc3)S2)c(Br)c1. The van der Waals surface area contributed by atoms with Crippen LogP contribution >= 0.6 is 27.7 Å². The van der Waals surface area contributed by atoms with Gasteiger partial charge in [-0.15, -0.1) is 0 Å². The van der Waals surface area contributed by atoms with Crippen LogP contribution in [0.15, 0.2) is 51.9 Å². The lowest BCUT2D eigenvalue weighted by molar-refractivity contribution is 0.966. The van der Waals surface area contributed by atoms with Crippen molar-refractivity contribution in [1.82, 2.24) is 0 Å². The molecule has 0 radical (unpaired) electrons. The number of halogens is 1. The van der Waals surface area contributed by atoms with Crippen LogP contribution in [-0.2, 0) is 0 Å². The van der Waals surface area contributed by atoms with Gasteiger partial charge in [-0.1, -0.05) is 48.2 Å². The molecule has 0 aromatic heterocycles. The van der Waals surface area contributed by atoms with E-state index in [1.807, 2.05) is 0 Å². The van der Waals surface area contributed by atoms with Crippen LogP contribution in [0.1, 0.15) is 21.9 Å². The molecule has 1 heterocycles. The summed E-state index contributed by atoms with van der Waals surface area (Å²) in [6.45, 7) is 5.06. The summed E-state index contributed by atoms with van der Waals surface area (Å²) in [6.07, 6.45) is 0. The largest absolute Gasteiger partial charge is 0.334 e. The maximum Gasteiger partial charge on any atom is 0.161 e. The van der Waals surface area contributed by atoms with Crippen molar-refractivity contribution in [2.75, 3.05) is 11.9 Å². The second kappa shape index (κ2) is 6.24. The standard InChI is InChI=1S/C17H17BrN2S/c1-11-8-12(2)16(14(18)9-11)20-17-19-10-15(21-17)13-6-4-3-5-7-13/h3-9,15H,10H2,1-2H3,(H,19,20). The van der Waals surface area contributed by atoms with E-state index in [-0.39, 0.29) is 0 Å². The molecule has 0 saturated heterocycles. The minimum Gasteiger partial charge on any atom is -0.334 e. The number of aryl methyl sites for hydroxylation is 2.